The molecule has 0 aromatic carbocycles. The van der Waals surface area contributed by atoms with E-state index >= 15 is 0 Å². The predicted molar refractivity (Wildman–Crippen MR) is 89.7 cm³/mol. The zero-order chi connectivity index (χ0) is 15.1. The number of hydrogen-bond donors (Lipinski definition) is 3. The molecule has 6 heteroatoms. The van der Waals surface area contributed by atoms with Crippen molar-refractivity contribution in [3.05, 3.63) is 0 Å². The molecule has 0 aromatic heterocycles. The van der Waals surface area contributed by atoms with Crippen molar-refractivity contribution in [1.29, 1.82) is 0 Å². The third-order valence-corrected chi connectivity index (χ3v) is 4.77. The molecule has 2 aliphatic rings. The maximum atomic E-state index is 5.36. The highest BCUT2D eigenvalue weighted by Crippen LogP contribution is 2.25. The summed E-state index contributed by atoms with van der Waals surface area (Å²) < 4.78 is 5.36. The highest BCUT2D eigenvalue weighted by molar-refractivity contribution is 7.80. The minimum atomic E-state index is 0.571. The highest BCUT2D eigenvalue weighted by Gasteiger charge is 2.22. The molecule has 0 aromatic rings. The van der Waals surface area contributed by atoms with Gasteiger partial charge in [-0.2, -0.15) is 5.10 Å². The first-order chi connectivity index (χ1) is 10.2. The van der Waals surface area contributed by atoms with E-state index in [9.17, 15) is 0 Å². The van der Waals surface area contributed by atoms with Gasteiger partial charge in [0.2, 0.25) is 0 Å². The number of rotatable bonds is 4. The fraction of sp³-hybridized carbons (Fsp3) is 0.867. The quantitative estimate of drug-likeness (QED) is 0.512. The number of quaternary nitrogens is 1. The molecule has 0 radical (unpaired) electrons. The van der Waals surface area contributed by atoms with Crippen LogP contribution in [0.25, 0.3) is 0 Å². The van der Waals surface area contributed by atoms with Crippen LogP contribution in [-0.2, 0) is 4.74 Å². The Morgan fingerprint density at radius 1 is 1.29 bits per heavy atom. The van der Waals surface area contributed by atoms with E-state index in [1.54, 1.807) is 4.90 Å². The van der Waals surface area contributed by atoms with Gasteiger partial charge in [0, 0.05) is 5.71 Å². The molecule has 1 heterocycles. The summed E-state index contributed by atoms with van der Waals surface area (Å²) in [7, 11) is 0. The van der Waals surface area contributed by atoms with Gasteiger partial charge in [0.05, 0.1) is 26.3 Å². The Labute approximate surface area is 133 Å². The van der Waals surface area contributed by atoms with E-state index < -0.39 is 0 Å². The molecule has 5 nitrogen and oxygen atoms in total. The van der Waals surface area contributed by atoms with Gasteiger partial charge in [-0.15, -0.1) is 0 Å². The summed E-state index contributed by atoms with van der Waals surface area (Å²) in [6, 6.07) is 0. The van der Waals surface area contributed by atoms with Crippen LogP contribution in [0.5, 0.6) is 0 Å². The Morgan fingerprint density at radius 2 is 1.95 bits per heavy atom. The Balaban J connectivity index is 1.66. The van der Waals surface area contributed by atoms with E-state index in [1.165, 1.54) is 25.0 Å². The van der Waals surface area contributed by atoms with Crippen molar-refractivity contribution in [2.45, 2.75) is 33.1 Å². The predicted octanol–water partition coefficient (Wildman–Crippen LogP) is 0.178. The Morgan fingerprint density at radius 3 is 2.62 bits per heavy atom. The number of thiocarbonyl (C=S) groups is 1. The van der Waals surface area contributed by atoms with E-state index in [-0.39, 0.29) is 0 Å². The Kier molecular flexibility index (Phi) is 6.86. The van der Waals surface area contributed by atoms with E-state index in [2.05, 4.69) is 29.7 Å². The van der Waals surface area contributed by atoms with E-state index in [0.29, 0.717) is 16.9 Å². The van der Waals surface area contributed by atoms with E-state index in [4.69, 9.17) is 17.0 Å². The van der Waals surface area contributed by atoms with Gasteiger partial charge in [-0.05, 0) is 36.9 Å². The average Bonchev–Trinajstić information content (AvgIpc) is 2.48. The van der Waals surface area contributed by atoms with E-state index in [0.717, 1.165) is 39.4 Å². The average molecular weight is 313 g/mol. The van der Waals surface area contributed by atoms with Gasteiger partial charge < -0.3 is 15.0 Å². The molecule has 1 saturated heterocycles. The summed E-state index contributed by atoms with van der Waals surface area (Å²) >= 11 is 5.30. The lowest BCUT2D eigenvalue weighted by molar-refractivity contribution is -0.906. The maximum Gasteiger partial charge on any atom is 0.187 e. The minimum Gasteiger partial charge on any atom is -0.370 e. The highest BCUT2D eigenvalue weighted by atomic mass is 32.1. The van der Waals surface area contributed by atoms with Crippen LogP contribution in [0, 0.1) is 11.8 Å². The van der Waals surface area contributed by atoms with E-state index in [1.807, 2.05) is 0 Å². The summed E-state index contributed by atoms with van der Waals surface area (Å²) in [6.45, 7) is 10.4. The maximum absolute atomic E-state index is 5.36. The third kappa shape index (κ3) is 5.52. The molecule has 2 atom stereocenters. The van der Waals surface area contributed by atoms with Crippen LogP contribution in [0.15, 0.2) is 5.10 Å². The molecule has 2 fully saturated rings. The lowest BCUT2D eigenvalue weighted by Gasteiger charge is -2.26. The second-order valence-corrected chi connectivity index (χ2v) is 6.66. The summed E-state index contributed by atoms with van der Waals surface area (Å²) in [6.07, 6.45) is 3.79. The van der Waals surface area contributed by atoms with Crippen LogP contribution in [0.2, 0.25) is 0 Å². The molecule has 1 aliphatic carbocycles. The van der Waals surface area contributed by atoms with Gasteiger partial charge in [0.15, 0.2) is 5.11 Å². The molecule has 1 saturated carbocycles. The zero-order valence-electron chi connectivity index (χ0n) is 13.3. The molecule has 0 spiro atoms. The number of nitrogens with zero attached hydrogens (tertiary/aromatic N) is 1. The molecule has 0 unspecified atom stereocenters. The first-order valence-corrected chi connectivity index (χ1v) is 8.60. The summed E-state index contributed by atoms with van der Waals surface area (Å²) in [5.74, 6) is 1.14. The van der Waals surface area contributed by atoms with Crippen LogP contribution >= 0.6 is 12.2 Å². The summed E-state index contributed by atoms with van der Waals surface area (Å²) in [5, 5.41) is 8.44. The number of hydrogen-bond acceptors (Lipinski definition) is 3. The standard InChI is InChI=1S/C15H28N4OS/c1-12-4-3-5-13(2)14(12)17-18-15(21)16-6-7-19-8-10-20-11-9-19/h12-13H,3-11H2,1-2H3,(H2,16,18,21)/p+1/t12-,13-/m1/s1. The normalized spacial score (nSPS) is 27.2. The van der Waals surface area contributed by atoms with Gasteiger partial charge in [-0.25, -0.2) is 0 Å². The summed E-state index contributed by atoms with van der Waals surface area (Å²) in [5.41, 5.74) is 4.29. The largest absolute Gasteiger partial charge is 0.370 e. The van der Waals surface area contributed by atoms with Crippen molar-refractivity contribution in [3.63, 3.8) is 0 Å². The molecule has 2 rings (SSSR count). The molecule has 1 aliphatic heterocycles. The first-order valence-electron chi connectivity index (χ1n) is 8.19. The first kappa shape index (κ1) is 16.6. The van der Waals surface area contributed by atoms with Crippen molar-refractivity contribution >= 4 is 23.0 Å². The second kappa shape index (κ2) is 8.66. The number of morpholine rings is 1. The van der Waals surface area contributed by atoms with Crippen LogP contribution in [-0.4, -0.2) is 50.2 Å². The van der Waals surface area contributed by atoms with Crippen LogP contribution in [0.3, 0.4) is 0 Å². The molecular weight excluding hydrogens is 284 g/mol. The minimum absolute atomic E-state index is 0.571. The molecule has 120 valence electrons. The zero-order valence-corrected chi connectivity index (χ0v) is 14.1. The van der Waals surface area contributed by atoms with Gasteiger partial charge >= 0.3 is 0 Å². The van der Waals surface area contributed by atoms with Crippen molar-refractivity contribution in [1.82, 2.24) is 10.7 Å². The lowest BCUT2D eigenvalue weighted by atomic mass is 9.81. The van der Waals surface area contributed by atoms with Crippen molar-refractivity contribution in [3.8, 4) is 0 Å². The van der Waals surface area contributed by atoms with Crippen molar-refractivity contribution in [2.24, 2.45) is 16.9 Å². The molecule has 21 heavy (non-hydrogen) atoms. The summed E-state index contributed by atoms with van der Waals surface area (Å²) in [4.78, 5) is 1.58. The number of hydrazone groups is 1. The Bertz CT molecular complexity index is 357. The van der Waals surface area contributed by atoms with Crippen LogP contribution in [0.1, 0.15) is 33.1 Å². The van der Waals surface area contributed by atoms with Gasteiger partial charge in [-0.1, -0.05) is 20.3 Å². The smallest absolute Gasteiger partial charge is 0.187 e. The van der Waals surface area contributed by atoms with Crippen molar-refractivity contribution in [2.75, 3.05) is 39.4 Å². The molecular formula is C15H29N4OS+. The molecule has 0 bridgehead atoms. The van der Waals surface area contributed by atoms with Crippen LogP contribution < -0.4 is 15.6 Å². The van der Waals surface area contributed by atoms with Crippen molar-refractivity contribution < 1.29 is 9.64 Å². The fourth-order valence-corrected chi connectivity index (χ4v) is 3.30. The van der Waals surface area contributed by atoms with Gasteiger partial charge in [0.1, 0.15) is 13.1 Å². The molecule has 0 amide bonds. The fourth-order valence-electron chi connectivity index (χ4n) is 3.15. The van der Waals surface area contributed by atoms with Crippen LogP contribution in [0.4, 0.5) is 0 Å². The molecule has 3 N–H and O–H groups in total. The monoisotopic (exact) mass is 313 g/mol. The lowest BCUT2D eigenvalue weighted by Crippen LogP contribution is -3.14. The second-order valence-electron chi connectivity index (χ2n) is 6.25. The van der Waals surface area contributed by atoms with Gasteiger partial charge in [0.25, 0.3) is 0 Å². The topological polar surface area (TPSA) is 50.1 Å². The number of nitrogens with one attached hydrogen (secondary N) is 3. The van der Waals surface area contributed by atoms with Gasteiger partial charge in [-0.3, -0.25) is 5.43 Å². The third-order valence-electron chi connectivity index (χ3n) is 4.53. The number of ether oxygens (including phenoxy) is 1. The Hall–Kier alpha value is -0.720. The SMILES string of the molecule is C[C@@H]1CCC[C@@H](C)C1=NNC(=S)NCC[NH+]1CCOCC1.